The van der Waals surface area contributed by atoms with Gasteiger partial charge in [-0.25, -0.2) is 0 Å². The molecule has 5 heteroatoms. The van der Waals surface area contributed by atoms with Gasteiger partial charge in [-0.05, 0) is 45.1 Å². The maximum Gasteiger partial charge on any atom is 0.217 e. The fourth-order valence-electron chi connectivity index (χ4n) is 2.84. The first-order valence-electron chi connectivity index (χ1n) is 5.90. The van der Waals surface area contributed by atoms with Gasteiger partial charge < -0.3 is 4.23 Å². The monoisotopic (exact) mass is 283 g/mol. The van der Waals surface area contributed by atoms with Crippen molar-refractivity contribution in [3.8, 4) is 0 Å². The van der Waals surface area contributed by atoms with Crippen molar-refractivity contribution in [2.45, 2.75) is 64.3 Å². The van der Waals surface area contributed by atoms with Crippen LogP contribution in [0, 0.1) is 0 Å². The second-order valence-electron chi connectivity index (χ2n) is 5.48. The molecular formula is C10H23Cl2NSi2. The summed E-state index contributed by atoms with van der Waals surface area (Å²) in [5.41, 5.74) is 0. The molecular weight excluding hydrogens is 261 g/mol. The summed E-state index contributed by atoms with van der Waals surface area (Å²) in [7, 11) is -3.55. The van der Waals surface area contributed by atoms with Crippen molar-refractivity contribution in [1.82, 2.24) is 4.23 Å². The minimum absolute atomic E-state index is 0.664. The largest absolute Gasteiger partial charge is 0.319 e. The number of nitrogens with zero attached hydrogens (tertiary/aromatic N) is 1. The molecule has 1 rings (SSSR count). The predicted molar refractivity (Wildman–Crippen MR) is 75.4 cm³/mol. The third kappa shape index (κ3) is 4.04. The molecule has 0 bridgehead atoms. The van der Waals surface area contributed by atoms with Crippen LogP contribution in [-0.2, 0) is 0 Å². The van der Waals surface area contributed by atoms with E-state index in [4.69, 9.17) is 22.2 Å². The van der Waals surface area contributed by atoms with E-state index in [1.807, 2.05) is 0 Å². The Hall–Kier alpha value is 0.974. The lowest BCUT2D eigenvalue weighted by atomic mass is 9.96. The SMILES string of the molecule is C[Si](C)(Cl)N(C1CCCCC1)[Si](C)(C)Cl. The van der Waals surface area contributed by atoms with Crippen molar-refractivity contribution in [2.24, 2.45) is 0 Å². The van der Waals surface area contributed by atoms with E-state index in [1.54, 1.807) is 0 Å². The quantitative estimate of drug-likeness (QED) is 0.545. The number of rotatable bonds is 3. The van der Waals surface area contributed by atoms with E-state index in [0.717, 1.165) is 0 Å². The smallest absolute Gasteiger partial charge is 0.217 e. The molecule has 0 aromatic rings. The molecule has 0 N–H and O–H groups in total. The molecule has 1 fully saturated rings. The van der Waals surface area contributed by atoms with Crippen molar-refractivity contribution in [2.75, 3.05) is 0 Å². The fraction of sp³-hybridized carbons (Fsp3) is 1.00. The Labute approximate surface area is 106 Å². The van der Waals surface area contributed by atoms with Gasteiger partial charge in [-0.2, -0.15) is 0 Å². The van der Waals surface area contributed by atoms with E-state index < -0.39 is 15.1 Å². The highest BCUT2D eigenvalue weighted by Crippen LogP contribution is 2.34. The third-order valence-corrected chi connectivity index (χ3v) is 11.4. The normalized spacial score (nSPS) is 21.0. The van der Waals surface area contributed by atoms with Gasteiger partial charge in [0.25, 0.3) is 0 Å². The van der Waals surface area contributed by atoms with Crippen LogP contribution in [0.2, 0.25) is 26.2 Å². The summed E-state index contributed by atoms with van der Waals surface area (Å²) in [5, 5.41) is 0. The predicted octanol–water partition coefficient (Wildman–Crippen LogP) is 4.50. The van der Waals surface area contributed by atoms with Gasteiger partial charge in [0.1, 0.15) is 0 Å². The van der Waals surface area contributed by atoms with Gasteiger partial charge in [0.15, 0.2) is 0 Å². The van der Waals surface area contributed by atoms with Crippen LogP contribution in [0.5, 0.6) is 0 Å². The molecule has 0 amide bonds. The Bertz CT molecular complexity index is 190. The van der Waals surface area contributed by atoms with E-state index in [2.05, 4.69) is 30.4 Å². The average molecular weight is 284 g/mol. The molecule has 1 saturated carbocycles. The van der Waals surface area contributed by atoms with E-state index in [9.17, 15) is 0 Å². The first-order chi connectivity index (χ1) is 6.73. The van der Waals surface area contributed by atoms with Crippen LogP contribution in [0.3, 0.4) is 0 Å². The van der Waals surface area contributed by atoms with Gasteiger partial charge in [0.05, 0.1) is 0 Å². The average Bonchev–Trinajstić information content (AvgIpc) is 2.00. The third-order valence-electron chi connectivity index (χ3n) is 3.09. The highest BCUT2D eigenvalue weighted by atomic mass is 35.6. The molecule has 0 saturated heterocycles. The zero-order chi connectivity index (χ0) is 11.7. The summed E-state index contributed by atoms with van der Waals surface area (Å²) >= 11 is 13.3. The first kappa shape index (κ1) is 14.0. The molecule has 1 aliphatic rings. The van der Waals surface area contributed by atoms with Crippen LogP contribution in [0.4, 0.5) is 0 Å². The molecule has 0 unspecified atom stereocenters. The summed E-state index contributed by atoms with van der Waals surface area (Å²) in [4.78, 5) is 0. The topological polar surface area (TPSA) is 3.24 Å². The lowest BCUT2D eigenvalue weighted by Crippen LogP contribution is -2.61. The Morgan fingerprint density at radius 1 is 0.867 bits per heavy atom. The van der Waals surface area contributed by atoms with E-state index in [-0.39, 0.29) is 0 Å². The Balaban J connectivity index is 2.80. The highest BCUT2D eigenvalue weighted by molar-refractivity contribution is 7.28. The fourth-order valence-corrected chi connectivity index (χ4v) is 15.2. The summed E-state index contributed by atoms with van der Waals surface area (Å²) in [6.07, 6.45) is 6.69. The van der Waals surface area contributed by atoms with Crippen molar-refractivity contribution >= 4 is 37.2 Å². The summed E-state index contributed by atoms with van der Waals surface area (Å²) in [6.45, 7) is 8.83. The molecule has 0 atom stereocenters. The van der Waals surface area contributed by atoms with Gasteiger partial charge in [-0.1, -0.05) is 19.3 Å². The first-order valence-corrected chi connectivity index (χ1v) is 13.8. The zero-order valence-electron chi connectivity index (χ0n) is 10.3. The molecule has 0 aliphatic heterocycles. The molecule has 0 spiro atoms. The molecule has 15 heavy (non-hydrogen) atoms. The standard InChI is InChI=1S/C10H23Cl2NSi2/c1-14(2,11)13(15(3,4)12)10-8-6-5-7-9-10/h10H,5-9H2,1-4H3. The van der Waals surface area contributed by atoms with Gasteiger partial charge >= 0.3 is 0 Å². The van der Waals surface area contributed by atoms with Gasteiger partial charge in [-0.3, -0.25) is 0 Å². The van der Waals surface area contributed by atoms with Crippen LogP contribution < -0.4 is 0 Å². The zero-order valence-corrected chi connectivity index (χ0v) is 13.8. The minimum Gasteiger partial charge on any atom is -0.319 e. The molecule has 0 radical (unpaired) electrons. The summed E-state index contributed by atoms with van der Waals surface area (Å²) < 4.78 is 2.54. The van der Waals surface area contributed by atoms with Gasteiger partial charge in [0, 0.05) is 0 Å². The lowest BCUT2D eigenvalue weighted by Gasteiger charge is -2.46. The van der Waals surface area contributed by atoms with Crippen molar-refractivity contribution in [3.63, 3.8) is 0 Å². The number of halogens is 2. The van der Waals surface area contributed by atoms with Crippen LogP contribution >= 0.6 is 22.2 Å². The van der Waals surface area contributed by atoms with Crippen LogP contribution in [0.1, 0.15) is 32.1 Å². The van der Waals surface area contributed by atoms with Crippen LogP contribution in [-0.4, -0.2) is 25.4 Å². The number of hydrogen-bond donors (Lipinski definition) is 0. The van der Waals surface area contributed by atoms with Crippen LogP contribution in [0.25, 0.3) is 0 Å². The molecule has 0 heterocycles. The second-order valence-corrected chi connectivity index (χ2v) is 18.1. The minimum atomic E-state index is -1.77. The van der Waals surface area contributed by atoms with Crippen molar-refractivity contribution in [3.05, 3.63) is 0 Å². The Kier molecular flexibility index (Phi) is 4.76. The van der Waals surface area contributed by atoms with Crippen LogP contribution in [0.15, 0.2) is 0 Å². The molecule has 0 aromatic heterocycles. The Morgan fingerprint density at radius 2 is 1.27 bits per heavy atom. The molecule has 0 aromatic carbocycles. The van der Waals surface area contributed by atoms with Gasteiger partial charge in [0.2, 0.25) is 15.1 Å². The summed E-state index contributed by atoms with van der Waals surface area (Å²) in [6, 6.07) is 0.664. The maximum atomic E-state index is 6.63. The highest BCUT2D eigenvalue weighted by Gasteiger charge is 2.43. The summed E-state index contributed by atoms with van der Waals surface area (Å²) in [5.74, 6) is 0. The van der Waals surface area contributed by atoms with Gasteiger partial charge in [-0.15, -0.1) is 22.2 Å². The van der Waals surface area contributed by atoms with E-state index >= 15 is 0 Å². The van der Waals surface area contributed by atoms with E-state index in [0.29, 0.717) is 6.04 Å². The second kappa shape index (κ2) is 5.09. The molecule has 90 valence electrons. The number of hydrogen-bond acceptors (Lipinski definition) is 1. The maximum absolute atomic E-state index is 6.63. The molecule has 1 aliphatic carbocycles. The lowest BCUT2D eigenvalue weighted by molar-refractivity contribution is 0.331. The Morgan fingerprint density at radius 3 is 1.60 bits per heavy atom. The van der Waals surface area contributed by atoms with Crippen molar-refractivity contribution in [1.29, 1.82) is 0 Å². The molecule has 1 nitrogen and oxygen atoms in total. The van der Waals surface area contributed by atoms with E-state index in [1.165, 1.54) is 32.1 Å². The van der Waals surface area contributed by atoms with Crippen molar-refractivity contribution < 1.29 is 0 Å².